The zero-order valence-corrected chi connectivity index (χ0v) is 15.7. The molecule has 6 heteroatoms. The first kappa shape index (κ1) is 17.6. The number of carbonyl (C=O) groups excluding carboxylic acids is 1. The number of piperidine rings is 1. The van der Waals surface area contributed by atoms with Gasteiger partial charge in [-0.15, -0.1) is 0 Å². The van der Waals surface area contributed by atoms with E-state index in [-0.39, 0.29) is 11.4 Å². The van der Waals surface area contributed by atoms with Crippen molar-refractivity contribution in [3.8, 4) is 0 Å². The summed E-state index contributed by atoms with van der Waals surface area (Å²) in [5.41, 5.74) is 3.83. The standard InChI is InChI=1S/C21H28FN3O2/c22-19-11-15(20(26)23-27)10-14-4-8-24(13-18(14)19)17-5-9-25(16-2-3-16)21(12-17)6-1-7-21/h10-11,16-17,27H,1-9,12-13H2,(H,23,26)/t17-/m1/s1. The summed E-state index contributed by atoms with van der Waals surface area (Å²) >= 11 is 0. The molecule has 1 saturated heterocycles. The van der Waals surface area contributed by atoms with Gasteiger partial charge in [-0.2, -0.15) is 0 Å². The molecule has 5 nitrogen and oxygen atoms in total. The highest BCUT2D eigenvalue weighted by Gasteiger charge is 2.51. The monoisotopic (exact) mass is 373 g/mol. The number of hydrogen-bond acceptors (Lipinski definition) is 4. The molecule has 0 bridgehead atoms. The van der Waals surface area contributed by atoms with E-state index in [9.17, 15) is 9.18 Å². The molecule has 146 valence electrons. The fourth-order valence-corrected chi connectivity index (χ4v) is 5.67. The van der Waals surface area contributed by atoms with Crippen LogP contribution in [0.4, 0.5) is 4.39 Å². The van der Waals surface area contributed by atoms with Crippen LogP contribution in [0.1, 0.15) is 66.4 Å². The number of carbonyl (C=O) groups is 1. The number of hydroxylamine groups is 1. The Bertz CT molecular complexity index is 760. The predicted octanol–water partition coefficient (Wildman–Crippen LogP) is 2.85. The minimum absolute atomic E-state index is 0.188. The highest BCUT2D eigenvalue weighted by molar-refractivity contribution is 5.93. The van der Waals surface area contributed by atoms with Crippen molar-refractivity contribution in [3.05, 3.63) is 34.6 Å². The zero-order chi connectivity index (χ0) is 18.6. The van der Waals surface area contributed by atoms with E-state index in [2.05, 4.69) is 9.80 Å². The number of fused-ring (bicyclic) bond motifs is 1. The molecular formula is C21H28FN3O2. The highest BCUT2D eigenvalue weighted by Crippen LogP contribution is 2.50. The van der Waals surface area contributed by atoms with Gasteiger partial charge < -0.3 is 0 Å². The van der Waals surface area contributed by atoms with Gasteiger partial charge in [0.05, 0.1) is 0 Å². The number of rotatable bonds is 3. The Kier molecular flexibility index (Phi) is 4.26. The second-order valence-corrected chi connectivity index (χ2v) is 8.91. The van der Waals surface area contributed by atoms with Crippen molar-refractivity contribution in [3.63, 3.8) is 0 Å². The Morgan fingerprint density at radius 3 is 2.67 bits per heavy atom. The molecule has 1 spiro atoms. The zero-order valence-electron chi connectivity index (χ0n) is 15.7. The lowest BCUT2D eigenvalue weighted by molar-refractivity contribution is -0.0590. The van der Waals surface area contributed by atoms with E-state index in [1.807, 2.05) is 0 Å². The molecular weight excluding hydrogens is 345 g/mol. The Morgan fingerprint density at radius 1 is 1.19 bits per heavy atom. The van der Waals surface area contributed by atoms with Crippen LogP contribution in [0.5, 0.6) is 0 Å². The number of nitrogens with zero attached hydrogens (tertiary/aromatic N) is 2. The fraction of sp³-hybridized carbons (Fsp3) is 0.667. The molecule has 1 aromatic rings. The highest BCUT2D eigenvalue weighted by atomic mass is 19.1. The molecule has 5 rings (SSSR count). The van der Waals surface area contributed by atoms with Gasteiger partial charge in [-0.1, -0.05) is 0 Å². The van der Waals surface area contributed by atoms with Crippen LogP contribution in [0.15, 0.2) is 12.1 Å². The van der Waals surface area contributed by atoms with Crippen LogP contribution in [-0.4, -0.2) is 51.6 Å². The number of amides is 1. The second-order valence-electron chi connectivity index (χ2n) is 8.91. The van der Waals surface area contributed by atoms with Crippen LogP contribution in [0.3, 0.4) is 0 Å². The van der Waals surface area contributed by atoms with Crippen molar-refractivity contribution in [2.75, 3.05) is 13.1 Å². The molecule has 27 heavy (non-hydrogen) atoms. The SMILES string of the molecule is O=C(NO)c1cc(F)c2c(c1)CCN([C@@H]1CCN(C3CC3)C3(CCC3)C1)C2. The fourth-order valence-electron chi connectivity index (χ4n) is 5.67. The Morgan fingerprint density at radius 2 is 2.00 bits per heavy atom. The van der Waals surface area contributed by atoms with Crippen LogP contribution >= 0.6 is 0 Å². The summed E-state index contributed by atoms with van der Waals surface area (Å²) in [5, 5.41) is 8.80. The van der Waals surface area contributed by atoms with Crippen LogP contribution in [0.25, 0.3) is 0 Å². The molecule has 2 saturated carbocycles. The average Bonchev–Trinajstić information content (AvgIpc) is 3.50. The molecule has 1 atom stereocenters. The Hall–Kier alpha value is -1.50. The maximum Gasteiger partial charge on any atom is 0.274 e. The molecule has 2 aliphatic carbocycles. The molecule has 1 aromatic carbocycles. The largest absolute Gasteiger partial charge is 0.296 e. The maximum atomic E-state index is 14.7. The third kappa shape index (κ3) is 2.98. The minimum atomic E-state index is -0.654. The molecule has 4 aliphatic rings. The average molecular weight is 373 g/mol. The molecule has 2 heterocycles. The van der Waals surface area contributed by atoms with Gasteiger partial charge in [0.25, 0.3) is 5.91 Å². The van der Waals surface area contributed by atoms with Crippen molar-refractivity contribution < 1.29 is 14.4 Å². The van der Waals surface area contributed by atoms with Gasteiger partial charge in [-0.3, -0.25) is 19.8 Å². The molecule has 2 aliphatic heterocycles. The lowest BCUT2D eigenvalue weighted by Crippen LogP contribution is -2.62. The molecule has 3 fully saturated rings. The molecule has 2 N–H and O–H groups in total. The quantitative estimate of drug-likeness (QED) is 0.632. The van der Waals surface area contributed by atoms with Crippen molar-refractivity contribution >= 4 is 5.91 Å². The smallest absolute Gasteiger partial charge is 0.274 e. The van der Waals surface area contributed by atoms with E-state index in [1.165, 1.54) is 57.6 Å². The summed E-state index contributed by atoms with van der Waals surface area (Å²) in [6.07, 6.45) is 9.93. The normalized spacial score (nSPS) is 27.9. The van der Waals surface area contributed by atoms with Gasteiger partial charge >= 0.3 is 0 Å². The van der Waals surface area contributed by atoms with Crippen LogP contribution in [-0.2, 0) is 13.0 Å². The van der Waals surface area contributed by atoms with E-state index in [1.54, 1.807) is 11.5 Å². The summed E-state index contributed by atoms with van der Waals surface area (Å²) in [6, 6.07) is 4.34. The third-order valence-electron chi connectivity index (χ3n) is 7.40. The van der Waals surface area contributed by atoms with Gasteiger partial charge in [-0.25, -0.2) is 9.87 Å². The van der Waals surface area contributed by atoms with Crippen LogP contribution in [0, 0.1) is 5.82 Å². The van der Waals surface area contributed by atoms with Crippen molar-refractivity contribution in [1.82, 2.24) is 15.3 Å². The number of nitrogens with one attached hydrogen (secondary N) is 1. The number of halogens is 1. The van der Waals surface area contributed by atoms with Crippen molar-refractivity contribution in [2.24, 2.45) is 0 Å². The van der Waals surface area contributed by atoms with Gasteiger partial charge in [0.1, 0.15) is 5.82 Å². The van der Waals surface area contributed by atoms with E-state index in [0.29, 0.717) is 18.1 Å². The Balaban J connectivity index is 1.33. The number of benzene rings is 1. The van der Waals surface area contributed by atoms with Gasteiger partial charge in [0.2, 0.25) is 0 Å². The molecule has 1 amide bonds. The summed E-state index contributed by atoms with van der Waals surface area (Å²) in [6.45, 7) is 2.74. The van der Waals surface area contributed by atoms with E-state index < -0.39 is 5.91 Å². The summed E-state index contributed by atoms with van der Waals surface area (Å²) in [7, 11) is 0. The van der Waals surface area contributed by atoms with Crippen molar-refractivity contribution in [1.29, 1.82) is 0 Å². The van der Waals surface area contributed by atoms with E-state index in [4.69, 9.17) is 5.21 Å². The first-order chi connectivity index (χ1) is 13.1. The van der Waals surface area contributed by atoms with Crippen LogP contribution < -0.4 is 5.48 Å². The molecule has 0 aromatic heterocycles. The number of likely N-dealkylation sites (tertiary alicyclic amines) is 1. The summed E-state index contributed by atoms with van der Waals surface area (Å²) < 4.78 is 14.7. The topological polar surface area (TPSA) is 55.8 Å². The lowest BCUT2D eigenvalue weighted by Gasteiger charge is -2.57. The summed E-state index contributed by atoms with van der Waals surface area (Å²) in [5.74, 6) is -0.983. The lowest BCUT2D eigenvalue weighted by atomic mass is 9.68. The number of hydrogen-bond donors (Lipinski definition) is 2. The van der Waals surface area contributed by atoms with E-state index in [0.717, 1.165) is 30.1 Å². The first-order valence-corrected chi connectivity index (χ1v) is 10.4. The predicted molar refractivity (Wildman–Crippen MR) is 99.1 cm³/mol. The van der Waals surface area contributed by atoms with Crippen molar-refractivity contribution in [2.45, 2.75) is 75.5 Å². The minimum Gasteiger partial charge on any atom is -0.296 e. The summed E-state index contributed by atoms with van der Waals surface area (Å²) in [4.78, 5) is 16.9. The van der Waals surface area contributed by atoms with Gasteiger partial charge in [-0.05, 0) is 69.1 Å². The maximum absolute atomic E-state index is 14.7. The Labute approximate surface area is 159 Å². The van der Waals surface area contributed by atoms with Gasteiger partial charge in [0.15, 0.2) is 0 Å². The first-order valence-electron chi connectivity index (χ1n) is 10.4. The molecule has 0 radical (unpaired) electrons. The van der Waals surface area contributed by atoms with Gasteiger partial charge in [0, 0.05) is 48.4 Å². The molecule has 0 unspecified atom stereocenters. The van der Waals surface area contributed by atoms with E-state index >= 15 is 0 Å². The third-order valence-corrected chi connectivity index (χ3v) is 7.40. The second kappa shape index (κ2) is 6.54. The van der Waals surface area contributed by atoms with Crippen LogP contribution in [0.2, 0.25) is 0 Å².